The SMILES string of the molecule is CCCN(CCC)[S+](N(C)C)N(CCC)CCC. The maximum atomic E-state index is 2.66. The first-order valence-corrected chi connectivity index (χ1v) is 8.63. The van der Waals surface area contributed by atoms with Gasteiger partial charge in [-0.3, -0.25) is 0 Å². The van der Waals surface area contributed by atoms with Crippen LogP contribution in [0, 0.1) is 0 Å². The summed E-state index contributed by atoms with van der Waals surface area (Å²) in [6.07, 6.45) is 4.96. The van der Waals surface area contributed by atoms with Gasteiger partial charge in [0.25, 0.3) is 11.5 Å². The third-order valence-electron chi connectivity index (χ3n) is 2.68. The predicted octanol–water partition coefficient (Wildman–Crippen LogP) is 3.16. The molecule has 0 aliphatic heterocycles. The Balaban J connectivity index is 4.82. The Morgan fingerprint density at radius 2 is 0.889 bits per heavy atom. The van der Waals surface area contributed by atoms with Gasteiger partial charge in [-0.15, -0.1) is 0 Å². The van der Waals surface area contributed by atoms with E-state index in [0.29, 0.717) is 0 Å². The van der Waals surface area contributed by atoms with E-state index in [9.17, 15) is 0 Å². The van der Waals surface area contributed by atoms with Crippen LogP contribution >= 0.6 is 0 Å². The van der Waals surface area contributed by atoms with Crippen molar-refractivity contribution < 1.29 is 0 Å². The van der Waals surface area contributed by atoms with Crippen LogP contribution in [0.25, 0.3) is 0 Å². The summed E-state index contributed by atoms with van der Waals surface area (Å²) in [7, 11) is 4.44. The lowest BCUT2D eigenvalue weighted by atomic mass is 10.4. The first-order chi connectivity index (χ1) is 8.62. The first kappa shape index (κ1) is 18.2. The van der Waals surface area contributed by atoms with Crippen molar-refractivity contribution >= 4 is 11.5 Å². The molecule has 3 nitrogen and oxygen atoms in total. The predicted molar refractivity (Wildman–Crippen MR) is 85.4 cm³/mol. The summed E-state index contributed by atoms with van der Waals surface area (Å²) in [5, 5.41) is 0. The fourth-order valence-corrected chi connectivity index (χ4v) is 4.81. The standard InChI is InChI=1S/C14H34N3S/c1-7-11-16(12-8-2)18(15(5)6)17(13-9-3)14-10-4/h7-14H2,1-6H3/q+1. The summed E-state index contributed by atoms with van der Waals surface area (Å²) < 4.78 is 7.72. The highest BCUT2D eigenvalue weighted by Crippen LogP contribution is 2.17. The van der Waals surface area contributed by atoms with E-state index >= 15 is 0 Å². The van der Waals surface area contributed by atoms with E-state index in [1.54, 1.807) is 0 Å². The fraction of sp³-hybridized carbons (Fsp3) is 1.00. The van der Waals surface area contributed by atoms with Crippen LogP contribution in [0.3, 0.4) is 0 Å². The van der Waals surface area contributed by atoms with Crippen molar-refractivity contribution in [3.63, 3.8) is 0 Å². The molecule has 0 aromatic rings. The molecule has 4 heteroatoms. The minimum Gasteiger partial charge on any atom is -0.0942 e. The van der Waals surface area contributed by atoms with Gasteiger partial charge >= 0.3 is 0 Å². The van der Waals surface area contributed by atoms with Gasteiger partial charge in [0.2, 0.25) is 0 Å². The molecule has 110 valence electrons. The smallest absolute Gasteiger partial charge is 0.0942 e. The molecule has 0 amide bonds. The van der Waals surface area contributed by atoms with E-state index in [0.717, 1.165) is 0 Å². The summed E-state index contributed by atoms with van der Waals surface area (Å²) in [4.78, 5) is 0. The second-order valence-electron chi connectivity index (χ2n) is 4.92. The number of hydrogen-bond acceptors (Lipinski definition) is 3. The summed E-state index contributed by atoms with van der Waals surface area (Å²) in [6, 6.07) is 0. The minimum atomic E-state index is 0.149. The molecule has 0 unspecified atom stereocenters. The molecule has 0 heterocycles. The molecule has 0 rings (SSSR count). The van der Waals surface area contributed by atoms with Crippen molar-refractivity contribution in [1.29, 1.82) is 0 Å². The minimum absolute atomic E-state index is 0.149. The lowest BCUT2D eigenvalue weighted by Crippen LogP contribution is -2.52. The van der Waals surface area contributed by atoms with E-state index in [2.05, 4.69) is 54.7 Å². The lowest BCUT2D eigenvalue weighted by Gasteiger charge is -2.30. The molecule has 0 aromatic heterocycles. The molecule has 18 heavy (non-hydrogen) atoms. The Morgan fingerprint density at radius 1 is 0.611 bits per heavy atom. The molecule has 0 fully saturated rings. The summed E-state index contributed by atoms with van der Waals surface area (Å²) in [6.45, 7) is 14.0. The van der Waals surface area contributed by atoms with Crippen LogP contribution in [-0.4, -0.2) is 53.2 Å². The average molecular weight is 277 g/mol. The molecular weight excluding hydrogens is 242 g/mol. The van der Waals surface area contributed by atoms with Crippen molar-refractivity contribution in [3.8, 4) is 0 Å². The zero-order chi connectivity index (χ0) is 14.0. The molecule has 0 atom stereocenters. The molecule has 0 bridgehead atoms. The highest BCUT2D eigenvalue weighted by molar-refractivity contribution is 7.90. The Morgan fingerprint density at radius 3 is 1.06 bits per heavy atom. The maximum absolute atomic E-state index is 2.66. The monoisotopic (exact) mass is 276 g/mol. The third kappa shape index (κ3) is 6.41. The molecule has 0 N–H and O–H groups in total. The molecule has 0 saturated carbocycles. The first-order valence-electron chi connectivity index (χ1n) is 7.54. The summed E-state index contributed by atoms with van der Waals surface area (Å²) in [5.41, 5.74) is 0. The lowest BCUT2D eigenvalue weighted by molar-refractivity contribution is 0.360. The molecule has 0 saturated heterocycles. The zero-order valence-electron chi connectivity index (χ0n) is 13.4. The van der Waals surface area contributed by atoms with Crippen molar-refractivity contribution in [2.24, 2.45) is 0 Å². The van der Waals surface area contributed by atoms with Gasteiger partial charge in [-0.05, 0) is 25.7 Å². The van der Waals surface area contributed by atoms with Crippen LogP contribution in [-0.2, 0) is 11.5 Å². The Kier molecular flexibility index (Phi) is 11.2. The van der Waals surface area contributed by atoms with E-state index in [1.807, 2.05) is 0 Å². The van der Waals surface area contributed by atoms with Crippen LogP contribution in [0.5, 0.6) is 0 Å². The van der Waals surface area contributed by atoms with E-state index in [4.69, 9.17) is 0 Å². The number of rotatable bonds is 11. The second-order valence-corrected chi connectivity index (χ2v) is 7.17. The zero-order valence-corrected chi connectivity index (χ0v) is 14.2. The maximum Gasteiger partial charge on any atom is 0.267 e. The molecule has 0 aromatic carbocycles. The molecule has 0 radical (unpaired) electrons. The molecular formula is C14H34N3S+. The Hall–Kier alpha value is 0.230. The quantitative estimate of drug-likeness (QED) is 0.537. The summed E-state index contributed by atoms with van der Waals surface area (Å²) in [5.74, 6) is 0. The van der Waals surface area contributed by atoms with Crippen LogP contribution in [0.2, 0.25) is 0 Å². The number of hydrogen-bond donors (Lipinski definition) is 0. The van der Waals surface area contributed by atoms with Crippen molar-refractivity contribution in [3.05, 3.63) is 0 Å². The molecule has 0 aliphatic carbocycles. The van der Waals surface area contributed by atoms with E-state index in [-0.39, 0.29) is 11.5 Å². The van der Waals surface area contributed by atoms with Crippen LogP contribution in [0.1, 0.15) is 53.4 Å². The summed E-state index contributed by atoms with van der Waals surface area (Å²) >= 11 is 0.149. The average Bonchev–Trinajstić information content (AvgIpc) is 2.30. The van der Waals surface area contributed by atoms with Crippen LogP contribution in [0.15, 0.2) is 0 Å². The normalized spacial score (nSPS) is 12.3. The van der Waals surface area contributed by atoms with Crippen LogP contribution < -0.4 is 0 Å². The Labute approximate surface area is 118 Å². The van der Waals surface area contributed by atoms with Crippen LogP contribution in [0.4, 0.5) is 0 Å². The van der Waals surface area contributed by atoms with Crippen molar-refractivity contribution in [2.45, 2.75) is 53.4 Å². The fourth-order valence-electron chi connectivity index (χ4n) is 2.17. The van der Waals surface area contributed by atoms with Gasteiger partial charge in [0.15, 0.2) is 0 Å². The highest BCUT2D eigenvalue weighted by atomic mass is 32.2. The van der Waals surface area contributed by atoms with Gasteiger partial charge in [0.1, 0.15) is 0 Å². The Bertz CT molecular complexity index is 160. The highest BCUT2D eigenvalue weighted by Gasteiger charge is 2.38. The van der Waals surface area contributed by atoms with E-state index < -0.39 is 0 Å². The van der Waals surface area contributed by atoms with Crippen molar-refractivity contribution in [1.82, 2.24) is 12.9 Å². The topological polar surface area (TPSA) is 9.72 Å². The van der Waals surface area contributed by atoms with Gasteiger partial charge < -0.3 is 0 Å². The van der Waals surface area contributed by atoms with E-state index in [1.165, 1.54) is 51.9 Å². The van der Waals surface area contributed by atoms with Gasteiger partial charge in [0, 0.05) is 40.3 Å². The van der Waals surface area contributed by atoms with Gasteiger partial charge in [0.05, 0.1) is 0 Å². The van der Waals surface area contributed by atoms with Gasteiger partial charge in [-0.2, -0.15) is 0 Å². The van der Waals surface area contributed by atoms with Crippen molar-refractivity contribution in [2.75, 3.05) is 40.3 Å². The molecule has 0 aliphatic rings. The second kappa shape index (κ2) is 11.1. The largest absolute Gasteiger partial charge is 0.267 e. The molecule has 0 spiro atoms. The van der Waals surface area contributed by atoms with Gasteiger partial charge in [-0.1, -0.05) is 40.6 Å². The number of nitrogens with zero attached hydrogens (tertiary/aromatic N) is 3. The van der Waals surface area contributed by atoms with Gasteiger partial charge in [-0.25, -0.2) is 0 Å². The third-order valence-corrected chi connectivity index (χ3v) is 4.99.